The number of benzene rings is 2. The molecule has 0 bridgehead atoms. The van der Waals surface area contributed by atoms with Gasteiger partial charge in [0, 0.05) is 11.3 Å². The van der Waals surface area contributed by atoms with Crippen molar-refractivity contribution in [1.82, 2.24) is 0 Å². The van der Waals surface area contributed by atoms with Crippen molar-refractivity contribution in [3.63, 3.8) is 0 Å². The molecule has 2 aromatic carbocycles. The summed E-state index contributed by atoms with van der Waals surface area (Å²) < 4.78 is 5.67. The van der Waals surface area contributed by atoms with Crippen molar-refractivity contribution in [3.8, 4) is 0 Å². The van der Waals surface area contributed by atoms with Gasteiger partial charge in [-0.1, -0.05) is 45.0 Å². The molecule has 33 heavy (non-hydrogen) atoms. The monoisotopic (exact) mass is 443 g/mol. The zero-order valence-corrected chi connectivity index (χ0v) is 19.9. The minimum Gasteiger partial charge on any atom is -0.507 e. The molecule has 1 amide bonds. The minimum absolute atomic E-state index is 0.0324. The van der Waals surface area contributed by atoms with Crippen LogP contribution in [0.1, 0.15) is 60.4 Å². The van der Waals surface area contributed by atoms with E-state index >= 15 is 0 Å². The maximum absolute atomic E-state index is 13.3. The zero-order valence-electron chi connectivity index (χ0n) is 19.9. The van der Waals surface area contributed by atoms with E-state index < -0.39 is 17.7 Å². The number of carbonyl (C=O) groups is 2. The summed E-state index contributed by atoms with van der Waals surface area (Å²) in [6.07, 6.45) is 1.50. The van der Waals surface area contributed by atoms with Crippen LogP contribution in [0, 0.1) is 20.8 Å². The molecule has 0 radical (unpaired) electrons. The van der Waals surface area contributed by atoms with Crippen LogP contribution >= 0.6 is 0 Å². The third kappa shape index (κ3) is 3.88. The average molecular weight is 444 g/mol. The molecule has 1 aromatic heterocycles. The van der Waals surface area contributed by atoms with Crippen LogP contribution in [0.5, 0.6) is 0 Å². The molecule has 1 fully saturated rings. The number of aryl methyl sites for hydroxylation is 3. The lowest BCUT2D eigenvalue weighted by Crippen LogP contribution is -2.30. The van der Waals surface area contributed by atoms with Gasteiger partial charge in [0.25, 0.3) is 11.7 Å². The lowest BCUT2D eigenvalue weighted by molar-refractivity contribution is -0.132. The van der Waals surface area contributed by atoms with E-state index in [1.807, 2.05) is 57.2 Å². The fourth-order valence-electron chi connectivity index (χ4n) is 4.26. The van der Waals surface area contributed by atoms with Gasteiger partial charge < -0.3 is 9.52 Å². The molecule has 1 aliphatic rings. The first kappa shape index (κ1) is 22.6. The summed E-state index contributed by atoms with van der Waals surface area (Å²) in [5.41, 5.74) is 4.70. The number of ketones is 1. The number of amides is 1. The number of anilines is 1. The van der Waals surface area contributed by atoms with Crippen LogP contribution in [0.4, 0.5) is 5.69 Å². The number of hydrogen-bond donors (Lipinski definition) is 1. The number of furan rings is 1. The van der Waals surface area contributed by atoms with Crippen LogP contribution < -0.4 is 4.90 Å². The number of hydrogen-bond acceptors (Lipinski definition) is 4. The summed E-state index contributed by atoms with van der Waals surface area (Å²) in [7, 11) is 0. The molecule has 4 rings (SSSR count). The van der Waals surface area contributed by atoms with E-state index in [9.17, 15) is 14.7 Å². The highest BCUT2D eigenvalue weighted by Crippen LogP contribution is 2.44. The normalized spacial score (nSPS) is 18.2. The Morgan fingerprint density at radius 1 is 0.970 bits per heavy atom. The molecule has 5 heteroatoms. The number of aliphatic hydroxyl groups excluding tert-OH is 1. The third-order valence-corrected chi connectivity index (χ3v) is 6.24. The molecular formula is C28H29NO4. The van der Waals surface area contributed by atoms with Gasteiger partial charge >= 0.3 is 0 Å². The van der Waals surface area contributed by atoms with Crippen molar-refractivity contribution in [2.24, 2.45) is 0 Å². The first-order valence-electron chi connectivity index (χ1n) is 11.0. The molecule has 0 aliphatic carbocycles. The van der Waals surface area contributed by atoms with Crippen molar-refractivity contribution in [2.45, 2.75) is 53.0 Å². The summed E-state index contributed by atoms with van der Waals surface area (Å²) in [5.74, 6) is -1.18. The Bertz CT molecular complexity index is 1280. The van der Waals surface area contributed by atoms with Gasteiger partial charge in [-0.25, -0.2) is 0 Å². The summed E-state index contributed by atoms with van der Waals surface area (Å²) in [6, 6.07) is 14.2. The number of nitrogens with zero attached hydrogens (tertiary/aromatic N) is 1. The molecule has 1 aliphatic heterocycles. The third-order valence-electron chi connectivity index (χ3n) is 6.24. The first-order chi connectivity index (χ1) is 15.5. The Morgan fingerprint density at radius 3 is 2.30 bits per heavy atom. The highest BCUT2D eigenvalue weighted by molar-refractivity contribution is 6.51. The summed E-state index contributed by atoms with van der Waals surface area (Å²) >= 11 is 0. The smallest absolute Gasteiger partial charge is 0.300 e. The van der Waals surface area contributed by atoms with E-state index in [2.05, 4.69) is 20.8 Å². The van der Waals surface area contributed by atoms with Crippen LogP contribution in [-0.4, -0.2) is 16.8 Å². The summed E-state index contributed by atoms with van der Waals surface area (Å²) in [6.45, 7) is 12.0. The van der Waals surface area contributed by atoms with E-state index in [0.717, 1.165) is 22.3 Å². The van der Waals surface area contributed by atoms with Gasteiger partial charge in [0.05, 0.1) is 11.8 Å². The van der Waals surface area contributed by atoms with Crippen molar-refractivity contribution in [3.05, 3.63) is 93.9 Å². The molecule has 2 heterocycles. The molecule has 1 unspecified atom stereocenters. The Balaban J connectivity index is 1.98. The highest BCUT2D eigenvalue weighted by atomic mass is 16.3. The van der Waals surface area contributed by atoms with Gasteiger partial charge in [0.1, 0.15) is 17.6 Å². The van der Waals surface area contributed by atoms with Crippen LogP contribution in [0.25, 0.3) is 5.76 Å². The number of aliphatic hydroxyl groups is 1. The maximum atomic E-state index is 13.3. The van der Waals surface area contributed by atoms with Gasteiger partial charge in [-0.3, -0.25) is 14.5 Å². The van der Waals surface area contributed by atoms with E-state index in [-0.39, 0.29) is 16.7 Å². The molecule has 1 saturated heterocycles. The Labute approximate surface area is 194 Å². The van der Waals surface area contributed by atoms with Crippen LogP contribution in [0.2, 0.25) is 0 Å². The van der Waals surface area contributed by atoms with Crippen LogP contribution in [0.3, 0.4) is 0 Å². The quantitative estimate of drug-likeness (QED) is 0.300. The number of rotatable bonds is 3. The predicted octanol–water partition coefficient (Wildman–Crippen LogP) is 6.13. The topological polar surface area (TPSA) is 70.8 Å². The Kier molecular flexibility index (Phi) is 5.52. The molecule has 0 spiro atoms. The SMILES string of the molecule is Cc1ccc(C)c(N2C(=O)C(=O)/C(=C(/O)c3cc(C(C)(C)C)ccc3C)C2c2ccco2)c1. The largest absolute Gasteiger partial charge is 0.507 e. The van der Waals surface area contributed by atoms with E-state index in [4.69, 9.17) is 4.42 Å². The number of Topliss-reactive ketones (excluding diaryl/α,β-unsaturated/α-hetero) is 1. The second kappa shape index (κ2) is 8.07. The molecule has 1 N–H and O–H groups in total. The Morgan fingerprint density at radius 2 is 1.67 bits per heavy atom. The second-order valence-corrected chi connectivity index (χ2v) is 9.75. The van der Waals surface area contributed by atoms with Gasteiger partial charge in [-0.05, 0) is 72.7 Å². The lowest BCUT2D eigenvalue weighted by Gasteiger charge is -2.25. The molecule has 1 atom stereocenters. The maximum Gasteiger partial charge on any atom is 0.300 e. The van der Waals surface area contributed by atoms with Gasteiger partial charge in [0.15, 0.2) is 0 Å². The van der Waals surface area contributed by atoms with Crippen molar-refractivity contribution >= 4 is 23.1 Å². The summed E-state index contributed by atoms with van der Waals surface area (Å²) in [4.78, 5) is 28.1. The molecular weight excluding hydrogens is 414 g/mol. The molecule has 170 valence electrons. The van der Waals surface area contributed by atoms with E-state index in [0.29, 0.717) is 17.0 Å². The average Bonchev–Trinajstić information content (AvgIpc) is 3.36. The van der Waals surface area contributed by atoms with Gasteiger partial charge in [-0.2, -0.15) is 0 Å². The fraction of sp³-hybridized carbons (Fsp3) is 0.286. The standard InChI is InChI=1S/C28H29NO4/c1-16-9-10-18(3)21(14-16)29-24(22-8-7-13-33-22)23(26(31)27(29)32)25(30)20-15-19(28(4,5)6)12-11-17(20)2/h7-15,24,30H,1-6H3/b25-23+. The van der Waals surface area contributed by atoms with Crippen molar-refractivity contribution in [2.75, 3.05) is 4.90 Å². The minimum atomic E-state index is -0.863. The second-order valence-electron chi connectivity index (χ2n) is 9.75. The van der Waals surface area contributed by atoms with Gasteiger partial charge in [-0.15, -0.1) is 0 Å². The molecule has 5 nitrogen and oxygen atoms in total. The summed E-state index contributed by atoms with van der Waals surface area (Å²) in [5, 5.41) is 11.5. The zero-order chi connectivity index (χ0) is 24.1. The van der Waals surface area contributed by atoms with Crippen LogP contribution in [0.15, 0.2) is 64.8 Å². The van der Waals surface area contributed by atoms with Gasteiger partial charge in [0.2, 0.25) is 0 Å². The number of carbonyl (C=O) groups excluding carboxylic acids is 2. The Hall–Kier alpha value is -3.60. The van der Waals surface area contributed by atoms with E-state index in [1.54, 1.807) is 12.1 Å². The highest BCUT2D eigenvalue weighted by Gasteiger charge is 2.48. The molecule has 0 saturated carbocycles. The fourth-order valence-corrected chi connectivity index (χ4v) is 4.26. The molecule has 3 aromatic rings. The van der Waals surface area contributed by atoms with E-state index in [1.165, 1.54) is 11.2 Å². The lowest BCUT2D eigenvalue weighted by atomic mass is 9.84. The van der Waals surface area contributed by atoms with Crippen molar-refractivity contribution < 1.29 is 19.1 Å². The predicted molar refractivity (Wildman–Crippen MR) is 129 cm³/mol. The van der Waals surface area contributed by atoms with Crippen molar-refractivity contribution in [1.29, 1.82) is 0 Å². The first-order valence-corrected chi connectivity index (χ1v) is 11.0. The van der Waals surface area contributed by atoms with Crippen LogP contribution in [-0.2, 0) is 15.0 Å².